The van der Waals surface area contributed by atoms with Crippen LogP contribution in [0, 0.1) is 26.7 Å². The number of halogens is 1. The molecule has 1 aliphatic rings. The molecule has 1 atom stereocenters. The molecule has 2 heterocycles. The lowest BCUT2D eigenvalue weighted by Gasteiger charge is -2.23. The summed E-state index contributed by atoms with van der Waals surface area (Å²) >= 11 is 0. The molecule has 1 aromatic carbocycles. The number of hydrogen-bond acceptors (Lipinski definition) is 3. The van der Waals surface area contributed by atoms with Crippen LogP contribution in [0.2, 0.25) is 0 Å². The van der Waals surface area contributed by atoms with Gasteiger partial charge in [-0.15, -0.1) is 12.4 Å². The first-order valence-corrected chi connectivity index (χ1v) is 9.71. The summed E-state index contributed by atoms with van der Waals surface area (Å²) in [4.78, 5) is 25.7. The van der Waals surface area contributed by atoms with Crippen molar-refractivity contribution in [1.82, 2.24) is 15.2 Å². The second kappa shape index (κ2) is 9.89. The molecular formula is C22H30ClN3O2. The van der Waals surface area contributed by atoms with Gasteiger partial charge in [-0.25, -0.2) is 0 Å². The molecule has 1 aliphatic heterocycles. The number of hydrogen-bond donors (Lipinski definition) is 2. The second-order valence-electron chi connectivity index (χ2n) is 7.59. The number of aryl methyl sites for hydroxylation is 2. The van der Waals surface area contributed by atoms with Gasteiger partial charge in [0.25, 0.3) is 11.5 Å². The summed E-state index contributed by atoms with van der Waals surface area (Å²) in [6.07, 6.45) is 4.06. The Kier molecular flexibility index (Phi) is 7.84. The number of pyridine rings is 1. The van der Waals surface area contributed by atoms with Crippen molar-refractivity contribution < 1.29 is 4.79 Å². The third kappa shape index (κ3) is 5.03. The van der Waals surface area contributed by atoms with Gasteiger partial charge in [0.1, 0.15) is 5.56 Å². The predicted molar refractivity (Wildman–Crippen MR) is 115 cm³/mol. The molecule has 1 saturated heterocycles. The van der Waals surface area contributed by atoms with E-state index in [1.54, 1.807) is 4.57 Å². The molecule has 0 saturated carbocycles. The van der Waals surface area contributed by atoms with Crippen molar-refractivity contribution in [2.45, 2.75) is 46.7 Å². The third-order valence-corrected chi connectivity index (χ3v) is 5.61. The van der Waals surface area contributed by atoms with Crippen LogP contribution in [0.5, 0.6) is 0 Å². The Labute approximate surface area is 173 Å². The van der Waals surface area contributed by atoms with Crippen LogP contribution in [0.25, 0.3) is 0 Å². The van der Waals surface area contributed by atoms with E-state index in [2.05, 4.69) is 30.5 Å². The van der Waals surface area contributed by atoms with Gasteiger partial charge < -0.3 is 15.2 Å². The van der Waals surface area contributed by atoms with Crippen LogP contribution in [-0.4, -0.2) is 23.6 Å². The molecule has 1 fully saturated rings. The highest BCUT2D eigenvalue weighted by atomic mass is 35.5. The van der Waals surface area contributed by atoms with Crippen molar-refractivity contribution in [1.29, 1.82) is 0 Å². The average Bonchev–Trinajstić information content (AvgIpc) is 2.66. The Morgan fingerprint density at radius 3 is 2.71 bits per heavy atom. The molecule has 1 amide bonds. The van der Waals surface area contributed by atoms with E-state index in [1.807, 2.05) is 31.3 Å². The lowest BCUT2D eigenvalue weighted by molar-refractivity contribution is 0.0948. The molecule has 0 aliphatic carbocycles. The van der Waals surface area contributed by atoms with Crippen molar-refractivity contribution in [3.05, 3.63) is 68.6 Å². The fraction of sp³-hybridized carbons (Fsp3) is 0.455. The first-order chi connectivity index (χ1) is 13.0. The van der Waals surface area contributed by atoms with E-state index in [-0.39, 0.29) is 29.4 Å². The largest absolute Gasteiger partial charge is 0.348 e. The van der Waals surface area contributed by atoms with Gasteiger partial charge in [0.15, 0.2) is 0 Å². The number of amides is 1. The summed E-state index contributed by atoms with van der Waals surface area (Å²) < 4.78 is 1.69. The van der Waals surface area contributed by atoms with Crippen molar-refractivity contribution in [2.75, 3.05) is 13.1 Å². The Bertz CT molecular complexity index is 886. The van der Waals surface area contributed by atoms with Crippen LogP contribution < -0.4 is 16.2 Å². The Morgan fingerprint density at radius 2 is 2.00 bits per heavy atom. The van der Waals surface area contributed by atoms with Gasteiger partial charge >= 0.3 is 0 Å². The highest BCUT2D eigenvalue weighted by Gasteiger charge is 2.19. The van der Waals surface area contributed by atoms with Crippen LogP contribution in [0.3, 0.4) is 0 Å². The minimum atomic E-state index is -0.297. The molecule has 2 aromatic rings. The Balaban J connectivity index is 0.00000280. The molecule has 0 bridgehead atoms. The van der Waals surface area contributed by atoms with E-state index in [1.165, 1.54) is 11.1 Å². The summed E-state index contributed by atoms with van der Waals surface area (Å²) in [6.45, 7) is 8.98. The molecule has 0 radical (unpaired) electrons. The van der Waals surface area contributed by atoms with E-state index in [0.717, 1.165) is 37.1 Å². The summed E-state index contributed by atoms with van der Waals surface area (Å²) in [7, 11) is 0. The van der Waals surface area contributed by atoms with Crippen LogP contribution in [-0.2, 0) is 13.1 Å². The molecule has 152 valence electrons. The fourth-order valence-corrected chi connectivity index (χ4v) is 3.71. The number of rotatable bonds is 5. The smallest absolute Gasteiger partial charge is 0.263 e. The standard InChI is InChI=1S/C22H29N3O2.ClH/c1-15-6-4-8-19(17(15)3)13-24-21(26)20-16(2)9-11-25(22(20)27)14-18-7-5-10-23-12-18;/h4,6,8-9,11,18,23H,5,7,10,12-14H2,1-3H3,(H,24,26);1H. The number of piperidine rings is 1. The molecule has 3 rings (SSSR count). The van der Waals surface area contributed by atoms with Crippen molar-refractivity contribution in [2.24, 2.45) is 5.92 Å². The van der Waals surface area contributed by atoms with Gasteiger partial charge in [-0.1, -0.05) is 18.2 Å². The molecule has 2 N–H and O–H groups in total. The fourth-order valence-electron chi connectivity index (χ4n) is 3.71. The zero-order valence-corrected chi connectivity index (χ0v) is 17.7. The number of nitrogens with zero attached hydrogens (tertiary/aromatic N) is 1. The second-order valence-corrected chi connectivity index (χ2v) is 7.59. The van der Waals surface area contributed by atoms with E-state index in [9.17, 15) is 9.59 Å². The monoisotopic (exact) mass is 403 g/mol. The lowest BCUT2D eigenvalue weighted by Crippen LogP contribution is -2.37. The highest BCUT2D eigenvalue weighted by Crippen LogP contribution is 2.14. The van der Waals surface area contributed by atoms with Gasteiger partial charge in [0.2, 0.25) is 0 Å². The number of carbonyl (C=O) groups excluding carboxylic acids is 1. The first kappa shape index (κ1) is 22.2. The van der Waals surface area contributed by atoms with Crippen molar-refractivity contribution in [3.8, 4) is 0 Å². The van der Waals surface area contributed by atoms with Gasteiger partial charge in [-0.2, -0.15) is 0 Å². The molecule has 1 aromatic heterocycles. The van der Waals surface area contributed by atoms with Crippen LogP contribution in [0.4, 0.5) is 0 Å². The zero-order chi connectivity index (χ0) is 19.4. The molecule has 1 unspecified atom stereocenters. The van der Waals surface area contributed by atoms with Gasteiger partial charge in [0, 0.05) is 19.3 Å². The molecule has 0 spiro atoms. The highest BCUT2D eigenvalue weighted by molar-refractivity contribution is 5.95. The minimum absolute atomic E-state index is 0. The van der Waals surface area contributed by atoms with Crippen LogP contribution in [0.15, 0.2) is 35.3 Å². The Morgan fingerprint density at radius 1 is 1.21 bits per heavy atom. The van der Waals surface area contributed by atoms with Crippen molar-refractivity contribution >= 4 is 18.3 Å². The molecular weight excluding hydrogens is 374 g/mol. The lowest BCUT2D eigenvalue weighted by atomic mass is 9.99. The summed E-state index contributed by atoms with van der Waals surface area (Å²) in [5.74, 6) is 0.138. The number of carbonyl (C=O) groups is 1. The summed E-state index contributed by atoms with van der Waals surface area (Å²) in [6, 6.07) is 7.92. The van der Waals surface area contributed by atoms with Gasteiger partial charge in [0.05, 0.1) is 0 Å². The van der Waals surface area contributed by atoms with Gasteiger partial charge in [-0.3, -0.25) is 9.59 Å². The minimum Gasteiger partial charge on any atom is -0.348 e. The van der Waals surface area contributed by atoms with E-state index >= 15 is 0 Å². The number of benzene rings is 1. The average molecular weight is 404 g/mol. The molecule has 6 heteroatoms. The molecule has 28 heavy (non-hydrogen) atoms. The molecule has 5 nitrogen and oxygen atoms in total. The first-order valence-electron chi connectivity index (χ1n) is 9.71. The maximum absolute atomic E-state index is 12.9. The number of nitrogens with one attached hydrogen (secondary N) is 2. The summed E-state index contributed by atoms with van der Waals surface area (Å²) in [5, 5.41) is 6.31. The third-order valence-electron chi connectivity index (χ3n) is 5.61. The predicted octanol–water partition coefficient (Wildman–Crippen LogP) is 3.12. The quantitative estimate of drug-likeness (QED) is 0.806. The summed E-state index contributed by atoms with van der Waals surface area (Å²) in [5.41, 5.74) is 4.22. The van der Waals surface area contributed by atoms with Crippen LogP contribution >= 0.6 is 12.4 Å². The maximum atomic E-state index is 12.9. The van der Waals surface area contributed by atoms with E-state index in [0.29, 0.717) is 19.0 Å². The van der Waals surface area contributed by atoms with E-state index < -0.39 is 0 Å². The van der Waals surface area contributed by atoms with E-state index in [4.69, 9.17) is 0 Å². The van der Waals surface area contributed by atoms with Crippen LogP contribution in [0.1, 0.15) is 45.5 Å². The van der Waals surface area contributed by atoms with Gasteiger partial charge in [-0.05, 0) is 80.9 Å². The number of aromatic nitrogens is 1. The Hall–Kier alpha value is -2.11. The zero-order valence-electron chi connectivity index (χ0n) is 16.9. The van der Waals surface area contributed by atoms with Crippen molar-refractivity contribution in [3.63, 3.8) is 0 Å². The SMILES string of the molecule is Cc1cccc(CNC(=O)c2c(C)ccn(CC3CCCNC3)c2=O)c1C.Cl. The maximum Gasteiger partial charge on any atom is 0.263 e. The topological polar surface area (TPSA) is 63.1 Å². The normalized spacial score (nSPS) is 16.3.